The fourth-order valence-electron chi connectivity index (χ4n) is 3.91. The van der Waals surface area contributed by atoms with E-state index >= 15 is 0 Å². The van der Waals surface area contributed by atoms with E-state index in [1.807, 2.05) is 19.2 Å². The molecule has 2 aromatic rings. The van der Waals surface area contributed by atoms with Gasteiger partial charge in [-0.2, -0.15) is 4.31 Å². The smallest absolute Gasteiger partial charge is 0.214 e. The van der Waals surface area contributed by atoms with Crippen LogP contribution in [0, 0.1) is 0 Å². The van der Waals surface area contributed by atoms with Crippen molar-refractivity contribution in [3.63, 3.8) is 0 Å². The second-order valence-corrected chi connectivity index (χ2v) is 10.2. The first-order valence-corrected chi connectivity index (χ1v) is 11.5. The lowest BCUT2D eigenvalue weighted by Crippen LogP contribution is -2.66. The van der Waals surface area contributed by atoms with Crippen LogP contribution in [0.1, 0.15) is 45.6 Å². The van der Waals surface area contributed by atoms with E-state index in [4.69, 9.17) is 11.6 Å². The molecule has 1 aromatic carbocycles. The third-order valence-corrected chi connectivity index (χ3v) is 7.89. The van der Waals surface area contributed by atoms with E-state index in [0.717, 1.165) is 16.5 Å². The second-order valence-electron chi connectivity index (χ2n) is 7.67. The highest BCUT2D eigenvalue weighted by atomic mass is 35.5. The van der Waals surface area contributed by atoms with E-state index in [1.165, 1.54) is 5.56 Å². The first-order valence-electron chi connectivity index (χ1n) is 9.47. The molecule has 0 amide bonds. The molecule has 0 spiro atoms. The first kappa shape index (κ1) is 20.4. The molecule has 2 heterocycles. The van der Waals surface area contributed by atoms with Gasteiger partial charge in [-0.15, -0.1) is 0 Å². The van der Waals surface area contributed by atoms with Gasteiger partial charge < -0.3 is 4.90 Å². The largest absolute Gasteiger partial charge is 0.365 e. The molecular formula is C20H28ClN3O2S. The fraction of sp³-hybridized carbons (Fsp3) is 0.550. The van der Waals surface area contributed by atoms with Crippen LogP contribution < -0.4 is 4.90 Å². The van der Waals surface area contributed by atoms with Crippen molar-refractivity contribution in [3.8, 4) is 0 Å². The van der Waals surface area contributed by atoms with Gasteiger partial charge in [-0.3, -0.25) is 0 Å². The lowest BCUT2D eigenvalue weighted by atomic mass is 9.92. The Bertz CT molecular complexity index is 946. The van der Waals surface area contributed by atoms with Crippen LogP contribution in [0.5, 0.6) is 0 Å². The molecule has 2 atom stereocenters. The normalized spacial score (nSPS) is 20.5. The van der Waals surface area contributed by atoms with Gasteiger partial charge in [0.15, 0.2) is 0 Å². The van der Waals surface area contributed by atoms with Crippen molar-refractivity contribution in [2.24, 2.45) is 0 Å². The Balaban J connectivity index is 1.93. The Kier molecular flexibility index (Phi) is 5.71. The van der Waals surface area contributed by atoms with Gasteiger partial charge in [0.1, 0.15) is 5.15 Å². The molecule has 0 unspecified atom stereocenters. The zero-order chi connectivity index (χ0) is 19.9. The molecule has 148 valence electrons. The quantitative estimate of drug-likeness (QED) is 0.669. The summed E-state index contributed by atoms with van der Waals surface area (Å²) in [7, 11) is -1.50. The molecule has 0 N–H and O–H groups in total. The minimum absolute atomic E-state index is 0.0124. The predicted molar refractivity (Wildman–Crippen MR) is 113 cm³/mol. The lowest BCUT2D eigenvalue weighted by Gasteiger charge is -2.51. The average Bonchev–Trinajstić information content (AvgIpc) is 2.59. The third-order valence-electron chi connectivity index (χ3n) is 5.61. The lowest BCUT2D eigenvalue weighted by molar-refractivity contribution is 0.250. The van der Waals surface area contributed by atoms with Gasteiger partial charge in [0.05, 0.1) is 11.8 Å². The van der Waals surface area contributed by atoms with Crippen LogP contribution in [0.2, 0.25) is 5.15 Å². The summed E-state index contributed by atoms with van der Waals surface area (Å²) in [5, 5.41) is 2.67. The standard InChI is InChI=1S/C20H28ClN3O2S/c1-6-9-27(25,26)23(5)19-12-24(14(19)4)18-8-7-15(13(2)3)16-10-20(21)22-11-17(16)18/h7-8,10-11,13-14,19H,6,9,12H2,1-5H3/t14-,19+/m1/s1. The summed E-state index contributed by atoms with van der Waals surface area (Å²) in [5.74, 6) is 0.577. The Hall–Kier alpha value is -1.37. The molecule has 0 saturated carbocycles. The number of nitrogens with zero attached hydrogens (tertiary/aromatic N) is 3. The van der Waals surface area contributed by atoms with Gasteiger partial charge in [-0.25, -0.2) is 13.4 Å². The van der Waals surface area contributed by atoms with E-state index in [-0.39, 0.29) is 17.8 Å². The molecule has 27 heavy (non-hydrogen) atoms. The van der Waals surface area contributed by atoms with E-state index in [0.29, 0.717) is 24.0 Å². The molecule has 7 heteroatoms. The maximum atomic E-state index is 12.4. The van der Waals surface area contributed by atoms with Gasteiger partial charge in [-0.05, 0) is 42.3 Å². The molecule has 0 aliphatic carbocycles. The van der Waals surface area contributed by atoms with E-state index in [1.54, 1.807) is 11.4 Å². The summed E-state index contributed by atoms with van der Waals surface area (Å²) in [4.78, 5) is 6.54. The molecule has 0 radical (unpaired) electrons. The summed E-state index contributed by atoms with van der Waals surface area (Å²) < 4.78 is 26.4. The molecule has 0 bridgehead atoms. The van der Waals surface area contributed by atoms with Crippen LogP contribution >= 0.6 is 11.6 Å². The van der Waals surface area contributed by atoms with Crippen LogP contribution in [-0.4, -0.2) is 49.1 Å². The Morgan fingerprint density at radius 1 is 1.33 bits per heavy atom. The number of hydrogen-bond acceptors (Lipinski definition) is 4. The summed E-state index contributed by atoms with van der Waals surface area (Å²) in [6.45, 7) is 8.98. The Labute approximate surface area is 167 Å². The van der Waals surface area contributed by atoms with Gasteiger partial charge in [0.25, 0.3) is 0 Å². The maximum absolute atomic E-state index is 12.4. The number of likely N-dealkylation sites (N-methyl/N-ethyl adjacent to an activating group) is 1. The number of pyridine rings is 1. The number of halogens is 1. The van der Waals surface area contributed by atoms with Crippen molar-refractivity contribution in [1.82, 2.24) is 9.29 Å². The summed E-state index contributed by atoms with van der Waals surface area (Å²) >= 11 is 6.15. The number of sulfonamides is 1. The number of hydrogen-bond donors (Lipinski definition) is 0. The van der Waals surface area contributed by atoms with Crippen molar-refractivity contribution in [1.29, 1.82) is 0 Å². The molecule has 1 aromatic heterocycles. The zero-order valence-corrected chi connectivity index (χ0v) is 18.2. The summed E-state index contributed by atoms with van der Waals surface area (Å²) in [5.41, 5.74) is 2.33. The monoisotopic (exact) mass is 409 g/mol. The molecule has 1 aliphatic rings. The fourth-order valence-corrected chi connectivity index (χ4v) is 5.53. The van der Waals surface area contributed by atoms with Crippen LogP contribution in [0.3, 0.4) is 0 Å². The van der Waals surface area contributed by atoms with Crippen molar-refractivity contribution in [2.75, 3.05) is 24.2 Å². The zero-order valence-electron chi connectivity index (χ0n) is 16.6. The predicted octanol–water partition coefficient (Wildman–Crippen LogP) is 4.26. The van der Waals surface area contributed by atoms with Crippen molar-refractivity contribution in [2.45, 2.75) is 52.1 Å². The molecule has 1 fully saturated rings. The minimum Gasteiger partial charge on any atom is -0.365 e. The van der Waals surface area contributed by atoms with Crippen LogP contribution in [0.25, 0.3) is 10.8 Å². The summed E-state index contributed by atoms with van der Waals surface area (Å²) in [6, 6.07) is 6.29. The van der Waals surface area contributed by atoms with Gasteiger partial charge >= 0.3 is 0 Å². The van der Waals surface area contributed by atoms with Crippen LogP contribution in [0.15, 0.2) is 24.4 Å². The number of aromatic nitrogens is 1. The van der Waals surface area contributed by atoms with E-state index < -0.39 is 10.0 Å². The van der Waals surface area contributed by atoms with Gasteiger partial charge in [0, 0.05) is 36.9 Å². The third kappa shape index (κ3) is 3.67. The number of rotatable bonds is 6. The SMILES string of the molecule is CCCS(=O)(=O)N(C)[C@H]1CN(c2ccc(C(C)C)c3cc(Cl)ncc23)[C@@H]1C. The maximum Gasteiger partial charge on any atom is 0.214 e. The second kappa shape index (κ2) is 7.57. The first-order chi connectivity index (χ1) is 12.7. The van der Waals surface area contributed by atoms with Crippen molar-refractivity contribution < 1.29 is 8.42 Å². The van der Waals surface area contributed by atoms with E-state index in [9.17, 15) is 8.42 Å². The molecule has 3 rings (SSSR count). The van der Waals surface area contributed by atoms with Crippen LogP contribution in [0.4, 0.5) is 5.69 Å². The van der Waals surface area contributed by atoms with Crippen molar-refractivity contribution in [3.05, 3.63) is 35.1 Å². The van der Waals surface area contributed by atoms with Gasteiger partial charge in [-0.1, -0.05) is 38.4 Å². The summed E-state index contributed by atoms with van der Waals surface area (Å²) in [6.07, 6.45) is 2.46. The number of anilines is 1. The molecule has 5 nitrogen and oxygen atoms in total. The highest BCUT2D eigenvalue weighted by Crippen LogP contribution is 2.38. The molecule has 1 saturated heterocycles. The highest BCUT2D eigenvalue weighted by molar-refractivity contribution is 7.89. The van der Waals surface area contributed by atoms with E-state index in [2.05, 4.69) is 42.8 Å². The topological polar surface area (TPSA) is 53.5 Å². The minimum atomic E-state index is -3.20. The Morgan fingerprint density at radius 3 is 2.63 bits per heavy atom. The molecular weight excluding hydrogens is 382 g/mol. The van der Waals surface area contributed by atoms with Crippen molar-refractivity contribution >= 4 is 38.1 Å². The van der Waals surface area contributed by atoms with Crippen LogP contribution in [-0.2, 0) is 10.0 Å². The number of benzene rings is 1. The highest BCUT2D eigenvalue weighted by Gasteiger charge is 2.42. The number of fused-ring (bicyclic) bond motifs is 1. The van der Waals surface area contributed by atoms with Gasteiger partial charge in [0.2, 0.25) is 10.0 Å². The Morgan fingerprint density at radius 2 is 2.04 bits per heavy atom. The molecule has 1 aliphatic heterocycles. The average molecular weight is 410 g/mol.